The first-order valence-corrected chi connectivity index (χ1v) is 9.87. The van der Waals surface area contributed by atoms with E-state index in [9.17, 15) is 13.2 Å². The van der Waals surface area contributed by atoms with Crippen LogP contribution in [0.1, 0.15) is 37.0 Å². The Morgan fingerprint density at radius 1 is 1.08 bits per heavy atom. The van der Waals surface area contributed by atoms with E-state index in [1.807, 2.05) is 6.92 Å². The van der Waals surface area contributed by atoms with Gasteiger partial charge in [-0.1, -0.05) is 24.9 Å². The molecule has 25 heavy (non-hydrogen) atoms. The summed E-state index contributed by atoms with van der Waals surface area (Å²) < 4.78 is 27.1. The van der Waals surface area contributed by atoms with Crippen molar-refractivity contribution in [2.45, 2.75) is 37.6 Å². The molecule has 0 heterocycles. The summed E-state index contributed by atoms with van der Waals surface area (Å²) in [6.07, 6.45) is 1.90. The summed E-state index contributed by atoms with van der Waals surface area (Å²) in [4.78, 5) is 12.2. The van der Waals surface area contributed by atoms with E-state index in [2.05, 4.69) is 17.0 Å². The normalized spacial score (nSPS) is 12.4. The first-order chi connectivity index (χ1) is 11.8. The molecule has 0 aromatic heterocycles. The highest BCUT2D eigenvalue weighted by Gasteiger charge is 2.15. The lowest BCUT2D eigenvalue weighted by Gasteiger charge is -2.13. The molecule has 2 N–H and O–H groups in total. The van der Waals surface area contributed by atoms with Crippen LogP contribution >= 0.6 is 11.6 Å². The lowest BCUT2D eigenvalue weighted by Crippen LogP contribution is -2.32. The predicted molar refractivity (Wildman–Crippen MR) is 101 cm³/mol. The van der Waals surface area contributed by atoms with E-state index in [1.54, 1.807) is 24.3 Å². The largest absolute Gasteiger partial charge is 0.350 e. The maximum absolute atomic E-state index is 12.3. The van der Waals surface area contributed by atoms with Gasteiger partial charge in [-0.2, -0.15) is 0 Å². The van der Waals surface area contributed by atoms with Crippen LogP contribution in [0.5, 0.6) is 0 Å². The standard InChI is InChI=1S/C18H21ClN2O3S/c1-3-4-13(2)20-18(22)14-5-9-16(10-6-14)21-25(23,24)17-11-7-15(19)8-12-17/h5-13,21H,3-4H2,1-2H3,(H,20,22)/t13-/m1/s1. The van der Waals surface area contributed by atoms with Crippen LogP contribution in [0, 0.1) is 0 Å². The molecule has 0 unspecified atom stereocenters. The first kappa shape index (κ1) is 19.3. The van der Waals surface area contributed by atoms with Crippen molar-refractivity contribution in [1.82, 2.24) is 5.32 Å². The fourth-order valence-electron chi connectivity index (χ4n) is 2.33. The van der Waals surface area contributed by atoms with Crippen molar-refractivity contribution < 1.29 is 13.2 Å². The summed E-state index contributed by atoms with van der Waals surface area (Å²) in [5, 5.41) is 3.37. The summed E-state index contributed by atoms with van der Waals surface area (Å²) in [6, 6.07) is 12.3. The topological polar surface area (TPSA) is 75.3 Å². The summed E-state index contributed by atoms with van der Waals surface area (Å²) in [7, 11) is -3.70. The molecule has 2 aromatic rings. The van der Waals surface area contributed by atoms with Gasteiger partial charge in [0.15, 0.2) is 0 Å². The van der Waals surface area contributed by atoms with Crippen molar-refractivity contribution in [3.8, 4) is 0 Å². The Labute approximate surface area is 153 Å². The molecule has 0 radical (unpaired) electrons. The number of sulfonamides is 1. The van der Waals surface area contributed by atoms with E-state index in [4.69, 9.17) is 11.6 Å². The molecule has 134 valence electrons. The van der Waals surface area contributed by atoms with Crippen molar-refractivity contribution in [1.29, 1.82) is 0 Å². The second-order valence-electron chi connectivity index (χ2n) is 5.80. The van der Waals surface area contributed by atoms with E-state index < -0.39 is 10.0 Å². The fraction of sp³-hybridized carbons (Fsp3) is 0.278. The van der Waals surface area contributed by atoms with Gasteiger partial charge in [0.05, 0.1) is 4.90 Å². The number of halogens is 1. The molecule has 0 bridgehead atoms. The molecule has 2 rings (SSSR count). The number of rotatable bonds is 7. The van der Waals surface area contributed by atoms with Gasteiger partial charge in [-0.25, -0.2) is 8.42 Å². The maximum Gasteiger partial charge on any atom is 0.261 e. The van der Waals surface area contributed by atoms with Gasteiger partial charge in [0.25, 0.3) is 15.9 Å². The highest BCUT2D eigenvalue weighted by molar-refractivity contribution is 7.92. The molecule has 0 saturated carbocycles. The third kappa shape index (κ3) is 5.47. The molecule has 1 amide bonds. The number of anilines is 1. The number of benzene rings is 2. The Morgan fingerprint density at radius 3 is 2.24 bits per heavy atom. The Hall–Kier alpha value is -2.05. The molecule has 0 aliphatic rings. The van der Waals surface area contributed by atoms with Gasteiger partial charge in [0, 0.05) is 22.3 Å². The molecular formula is C18H21ClN2O3S. The smallest absolute Gasteiger partial charge is 0.261 e. The number of nitrogens with one attached hydrogen (secondary N) is 2. The molecule has 1 atom stereocenters. The Morgan fingerprint density at radius 2 is 1.68 bits per heavy atom. The third-order valence-electron chi connectivity index (χ3n) is 3.62. The highest BCUT2D eigenvalue weighted by Crippen LogP contribution is 2.18. The molecular weight excluding hydrogens is 360 g/mol. The highest BCUT2D eigenvalue weighted by atomic mass is 35.5. The zero-order valence-corrected chi connectivity index (χ0v) is 15.7. The molecule has 0 aliphatic heterocycles. The summed E-state index contributed by atoms with van der Waals surface area (Å²) in [5.74, 6) is -0.173. The van der Waals surface area contributed by atoms with E-state index in [-0.39, 0.29) is 16.8 Å². The van der Waals surface area contributed by atoms with Gasteiger partial charge in [0.2, 0.25) is 0 Å². The quantitative estimate of drug-likeness (QED) is 0.760. The van der Waals surface area contributed by atoms with Crippen LogP contribution < -0.4 is 10.0 Å². The lowest BCUT2D eigenvalue weighted by atomic mass is 10.1. The summed E-state index contributed by atoms with van der Waals surface area (Å²) in [6.45, 7) is 4.01. The average Bonchev–Trinajstić information content (AvgIpc) is 2.55. The minimum absolute atomic E-state index is 0.0978. The fourth-order valence-corrected chi connectivity index (χ4v) is 3.51. The molecule has 0 fully saturated rings. The number of carbonyl (C=O) groups excluding carboxylic acids is 1. The summed E-state index contributed by atoms with van der Waals surface area (Å²) >= 11 is 5.77. The van der Waals surface area contributed by atoms with E-state index in [0.717, 1.165) is 12.8 Å². The van der Waals surface area contributed by atoms with Gasteiger partial charge in [-0.15, -0.1) is 0 Å². The third-order valence-corrected chi connectivity index (χ3v) is 5.27. The van der Waals surface area contributed by atoms with Crippen LogP contribution in [0.4, 0.5) is 5.69 Å². The van der Waals surface area contributed by atoms with Crippen LogP contribution in [0.3, 0.4) is 0 Å². The molecule has 2 aromatic carbocycles. The van der Waals surface area contributed by atoms with Crippen molar-refractivity contribution in [3.63, 3.8) is 0 Å². The van der Waals surface area contributed by atoms with Gasteiger partial charge in [-0.05, 0) is 61.9 Å². The van der Waals surface area contributed by atoms with Crippen molar-refractivity contribution >= 4 is 33.2 Å². The maximum atomic E-state index is 12.3. The molecule has 0 aliphatic carbocycles. The Bertz CT molecular complexity index is 818. The van der Waals surface area contributed by atoms with Crippen molar-refractivity contribution in [2.75, 3.05) is 4.72 Å². The van der Waals surface area contributed by atoms with Crippen LogP contribution in [0.2, 0.25) is 5.02 Å². The predicted octanol–water partition coefficient (Wildman–Crippen LogP) is 4.06. The van der Waals surface area contributed by atoms with E-state index in [1.165, 1.54) is 24.3 Å². The molecule has 7 heteroatoms. The monoisotopic (exact) mass is 380 g/mol. The van der Waals surface area contributed by atoms with E-state index in [0.29, 0.717) is 16.3 Å². The minimum Gasteiger partial charge on any atom is -0.350 e. The van der Waals surface area contributed by atoms with Crippen LogP contribution in [0.25, 0.3) is 0 Å². The molecule has 0 saturated heterocycles. The second kappa shape index (κ2) is 8.36. The minimum atomic E-state index is -3.70. The van der Waals surface area contributed by atoms with Crippen LogP contribution in [-0.2, 0) is 10.0 Å². The Kier molecular flexibility index (Phi) is 6.45. The van der Waals surface area contributed by atoms with Crippen molar-refractivity contribution in [2.24, 2.45) is 0 Å². The van der Waals surface area contributed by atoms with Gasteiger partial charge < -0.3 is 5.32 Å². The first-order valence-electron chi connectivity index (χ1n) is 8.01. The molecule has 5 nitrogen and oxygen atoms in total. The second-order valence-corrected chi connectivity index (χ2v) is 7.92. The van der Waals surface area contributed by atoms with Crippen LogP contribution in [-0.4, -0.2) is 20.4 Å². The Balaban J connectivity index is 2.07. The van der Waals surface area contributed by atoms with Gasteiger partial charge in [-0.3, -0.25) is 9.52 Å². The number of carbonyl (C=O) groups is 1. The number of hydrogen-bond donors (Lipinski definition) is 2. The number of hydrogen-bond acceptors (Lipinski definition) is 3. The van der Waals surface area contributed by atoms with E-state index >= 15 is 0 Å². The zero-order valence-electron chi connectivity index (χ0n) is 14.1. The SMILES string of the molecule is CCC[C@@H](C)NC(=O)c1ccc(NS(=O)(=O)c2ccc(Cl)cc2)cc1. The summed E-state index contributed by atoms with van der Waals surface area (Å²) in [5.41, 5.74) is 0.866. The molecule has 0 spiro atoms. The van der Waals surface area contributed by atoms with Gasteiger partial charge >= 0.3 is 0 Å². The lowest BCUT2D eigenvalue weighted by molar-refractivity contribution is 0.0938. The van der Waals surface area contributed by atoms with Crippen LogP contribution in [0.15, 0.2) is 53.4 Å². The average molecular weight is 381 g/mol. The van der Waals surface area contributed by atoms with Gasteiger partial charge in [0.1, 0.15) is 0 Å². The van der Waals surface area contributed by atoms with Crippen molar-refractivity contribution in [3.05, 3.63) is 59.1 Å². The zero-order chi connectivity index (χ0) is 18.4. The number of amides is 1.